The summed E-state index contributed by atoms with van der Waals surface area (Å²) < 4.78 is 0. The number of nitrogens with one attached hydrogen (secondary N) is 3. The Morgan fingerprint density at radius 2 is 1.70 bits per heavy atom. The van der Waals surface area contributed by atoms with E-state index in [-0.39, 0.29) is 18.5 Å². The van der Waals surface area contributed by atoms with Crippen LogP contribution in [0.3, 0.4) is 0 Å². The number of carboxylic acids is 1. The number of hydrogen-bond donors (Lipinski definition) is 4. The van der Waals surface area contributed by atoms with Gasteiger partial charge in [-0.3, -0.25) is 9.59 Å². The van der Waals surface area contributed by atoms with Gasteiger partial charge in [-0.25, -0.2) is 4.79 Å². The van der Waals surface area contributed by atoms with Crippen molar-refractivity contribution in [3.8, 4) is 0 Å². The van der Waals surface area contributed by atoms with Gasteiger partial charge in [-0.15, -0.1) is 0 Å². The fourth-order valence-corrected chi connectivity index (χ4v) is 3.19. The zero-order valence-electron chi connectivity index (χ0n) is 16.0. The summed E-state index contributed by atoms with van der Waals surface area (Å²) in [5.74, 6) is -1.14. The first-order valence-electron chi connectivity index (χ1n) is 9.37. The molecule has 3 amide bonds. The van der Waals surface area contributed by atoms with Crippen LogP contribution in [0.5, 0.6) is 0 Å². The van der Waals surface area contributed by atoms with Crippen molar-refractivity contribution in [2.75, 3.05) is 6.54 Å². The van der Waals surface area contributed by atoms with E-state index in [0.29, 0.717) is 25.8 Å². The van der Waals surface area contributed by atoms with Gasteiger partial charge in [0.15, 0.2) is 0 Å². The Balaban J connectivity index is 1.89. The van der Waals surface area contributed by atoms with Gasteiger partial charge in [-0.1, -0.05) is 43.2 Å². The Morgan fingerprint density at radius 1 is 1.07 bits per heavy atom. The number of benzene rings is 1. The number of carboxylic acid groups (broad SMARTS) is 1. The Kier molecular flexibility index (Phi) is 6.82. The maximum absolute atomic E-state index is 12.7. The van der Waals surface area contributed by atoms with Crippen molar-refractivity contribution < 1.29 is 19.5 Å². The molecule has 0 aliphatic heterocycles. The van der Waals surface area contributed by atoms with Gasteiger partial charge in [0, 0.05) is 13.1 Å². The molecule has 0 heterocycles. The van der Waals surface area contributed by atoms with Crippen molar-refractivity contribution >= 4 is 17.9 Å². The normalized spacial score (nSPS) is 15.8. The molecule has 0 aromatic heterocycles. The second-order valence-corrected chi connectivity index (χ2v) is 7.78. The standard InChI is InChI=1S/C20H29N3O4/c1-19(2,17(25)26)12-13-21-16(24)20(10-6-7-11-20)23-18(27)22-14-15-8-4-3-5-9-15/h3-5,8-9H,6-7,10-14H2,1-2H3,(H,21,24)(H,25,26)(H2,22,23,27). The molecule has 0 radical (unpaired) electrons. The maximum atomic E-state index is 12.7. The Bertz CT molecular complexity index is 667. The summed E-state index contributed by atoms with van der Waals surface area (Å²) in [6.07, 6.45) is 3.23. The highest BCUT2D eigenvalue weighted by molar-refractivity contribution is 5.91. The number of urea groups is 1. The number of carbonyl (C=O) groups is 3. The van der Waals surface area contributed by atoms with Crippen molar-refractivity contribution in [2.24, 2.45) is 5.41 Å². The zero-order chi connectivity index (χ0) is 19.9. The molecule has 1 aliphatic carbocycles. The minimum absolute atomic E-state index is 0.240. The summed E-state index contributed by atoms with van der Waals surface area (Å²) in [4.78, 5) is 36.2. The molecule has 0 bridgehead atoms. The summed E-state index contributed by atoms with van der Waals surface area (Å²) in [6.45, 7) is 3.90. The summed E-state index contributed by atoms with van der Waals surface area (Å²) in [6, 6.07) is 9.18. The second kappa shape index (κ2) is 8.88. The largest absolute Gasteiger partial charge is 0.481 e. The molecular weight excluding hydrogens is 346 g/mol. The molecule has 7 heteroatoms. The van der Waals surface area contributed by atoms with Crippen LogP contribution in [0.4, 0.5) is 4.79 Å². The van der Waals surface area contributed by atoms with Gasteiger partial charge >= 0.3 is 12.0 Å². The van der Waals surface area contributed by atoms with Gasteiger partial charge in [-0.2, -0.15) is 0 Å². The first-order chi connectivity index (χ1) is 12.8. The third-order valence-electron chi connectivity index (χ3n) is 5.15. The quantitative estimate of drug-likeness (QED) is 0.560. The van der Waals surface area contributed by atoms with Crippen LogP contribution in [0.25, 0.3) is 0 Å². The molecule has 1 aliphatic rings. The fourth-order valence-electron chi connectivity index (χ4n) is 3.19. The lowest BCUT2D eigenvalue weighted by Crippen LogP contribution is -2.59. The summed E-state index contributed by atoms with van der Waals surface area (Å²) in [5, 5.41) is 17.6. The van der Waals surface area contributed by atoms with E-state index in [1.807, 2.05) is 30.3 Å². The van der Waals surface area contributed by atoms with E-state index in [4.69, 9.17) is 5.11 Å². The van der Waals surface area contributed by atoms with Gasteiger partial charge in [0.2, 0.25) is 5.91 Å². The zero-order valence-corrected chi connectivity index (χ0v) is 16.0. The molecule has 1 aromatic rings. The number of amides is 3. The lowest BCUT2D eigenvalue weighted by Gasteiger charge is -2.29. The van der Waals surface area contributed by atoms with Crippen molar-refractivity contribution in [3.05, 3.63) is 35.9 Å². The topological polar surface area (TPSA) is 108 Å². The first kappa shape index (κ1) is 20.7. The van der Waals surface area contributed by atoms with Gasteiger partial charge in [-0.05, 0) is 38.7 Å². The van der Waals surface area contributed by atoms with Crippen LogP contribution in [-0.4, -0.2) is 35.1 Å². The Hall–Kier alpha value is -2.57. The van der Waals surface area contributed by atoms with E-state index in [2.05, 4.69) is 16.0 Å². The maximum Gasteiger partial charge on any atom is 0.315 e. The first-order valence-corrected chi connectivity index (χ1v) is 9.37. The number of aliphatic carboxylic acids is 1. The average Bonchev–Trinajstić information content (AvgIpc) is 3.10. The second-order valence-electron chi connectivity index (χ2n) is 7.78. The van der Waals surface area contributed by atoms with E-state index in [1.54, 1.807) is 13.8 Å². The lowest BCUT2D eigenvalue weighted by molar-refractivity contribution is -0.147. The summed E-state index contributed by atoms with van der Waals surface area (Å²) in [7, 11) is 0. The number of hydrogen-bond acceptors (Lipinski definition) is 3. The van der Waals surface area contributed by atoms with Crippen molar-refractivity contribution in [2.45, 2.75) is 58.0 Å². The van der Waals surface area contributed by atoms with Crippen LogP contribution in [0.2, 0.25) is 0 Å². The molecule has 1 aromatic carbocycles. The van der Waals surface area contributed by atoms with Crippen LogP contribution in [0.1, 0.15) is 51.5 Å². The van der Waals surface area contributed by atoms with Crippen LogP contribution in [0.15, 0.2) is 30.3 Å². The van der Waals surface area contributed by atoms with Gasteiger partial charge in [0.05, 0.1) is 5.41 Å². The van der Waals surface area contributed by atoms with E-state index < -0.39 is 16.9 Å². The van der Waals surface area contributed by atoms with E-state index >= 15 is 0 Å². The van der Waals surface area contributed by atoms with E-state index in [1.165, 1.54) is 0 Å². The molecule has 4 N–H and O–H groups in total. The van der Waals surface area contributed by atoms with Gasteiger partial charge in [0.25, 0.3) is 0 Å². The minimum atomic E-state index is -0.922. The number of rotatable bonds is 8. The van der Waals surface area contributed by atoms with Crippen LogP contribution in [-0.2, 0) is 16.1 Å². The Labute approximate surface area is 159 Å². The molecule has 0 atom stereocenters. The monoisotopic (exact) mass is 375 g/mol. The highest BCUT2D eigenvalue weighted by Gasteiger charge is 2.42. The smallest absolute Gasteiger partial charge is 0.315 e. The van der Waals surface area contributed by atoms with Gasteiger partial charge in [0.1, 0.15) is 5.54 Å². The molecule has 0 saturated heterocycles. The van der Waals surface area contributed by atoms with Crippen molar-refractivity contribution in [3.63, 3.8) is 0 Å². The predicted octanol–water partition coefficient (Wildman–Crippen LogP) is 2.42. The highest BCUT2D eigenvalue weighted by atomic mass is 16.4. The average molecular weight is 375 g/mol. The third kappa shape index (κ3) is 5.70. The van der Waals surface area contributed by atoms with Gasteiger partial charge < -0.3 is 21.1 Å². The minimum Gasteiger partial charge on any atom is -0.481 e. The molecule has 0 spiro atoms. The molecule has 1 fully saturated rings. The lowest BCUT2D eigenvalue weighted by atomic mass is 9.89. The summed E-state index contributed by atoms with van der Waals surface area (Å²) in [5.41, 5.74) is -0.849. The number of carbonyl (C=O) groups excluding carboxylic acids is 2. The van der Waals surface area contributed by atoms with E-state index in [9.17, 15) is 14.4 Å². The molecule has 0 unspecified atom stereocenters. The molecule has 7 nitrogen and oxygen atoms in total. The van der Waals surface area contributed by atoms with Crippen LogP contribution < -0.4 is 16.0 Å². The predicted molar refractivity (Wildman–Crippen MR) is 102 cm³/mol. The van der Waals surface area contributed by atoms with Crippen molar-refractivity contribution in [1.29, 1.82) is 0 Å². The van der Waals surface area contributed by atoms with E-state index in [0.717, 1.165) is 18.4 Å². The van der Waals surface area contributed by atoms with Crippen LogP contribution in [0, 0.1) is 5.41 Å². The molecule has 148 valence electrons. The highest BCUT2D eigenvalue weighted by Crippen LogP contribution is 2.30. The molecule has 1 saturated carbocycles. The molecular formula is C20H29N3O4. The fraction of sp³-hybridized carbons (Fsp3) is 0.550. The molecule has 2 rings (SSSR count). The summed E-state index contributed by atoms with van der Waals surface area (Å²) >= 11 is 0. The third-order valence-corrected chi connectivity index (χ3v) is 5.15. The Morgan fingerprint density at radius 3 is 2.30 bits per heavy atom. The van der Waals surface area contributed by atoms with Crippen LogP contribution >= 0.6 is 0 Å². The van der Waals surface area contributed by atoms with Crippen molar-refractivity contribution in [1.82, 2.24) is 16.0 Å². The SMILES string of the molecule is CC(C)(CCNC(=O)C1(NC(=O)NCc2ccccc2)CCCC1)C(=O)O. The molecule has 27 heavy (non-hydrogen) atoms.